The van der Waals surface area contributed by atoms with Crippen LogP contribution in [0.2, 0.25) is 0 Å². The third kappa shape index (κ3) is 5.04. The second-order valence-corrected chi connectivity index (χ2v) is 5.02. The van der Waals surface area contributed by atoms with Gasteiger partial charge in [0.15, 0.2) is 0 Å². The number of amides is 3. The van der Waals surface area contributed by atoms with Crippen molar-refractivity contribution in [1.29, 1.82) is 0 Å². The van der Waals surface area contributed by atoms with Gasteiger partial charge in [-0.05, 0) is 5.92 Å². The molecule has 0 aliphatic carbocycles. The van der Waals surface area contributed by atoms with Crippen molar-refractivity contribution in [2.24, 2.45) is 5.92 Å². The van der Waals surface area contributed by atoms with E-state index in [1.807, 2.05) is 0 Å². The number of carboxylic acid groups (broad SMARTS) is 1. The van der Waals surface area contributed by atoms with Crippen molar-refractivity contribution in [1.82, 2.24) is 20.9 Å². The summed E-state index contributed by atoms with van der Waals surface area (Å²) in [7, 11) is 0. The van der Waals surface area contributed by atoms with Gasteiger partial charge in [-0.2, -0.15) is 0 Å². The van der Waals surface area contributed by atoms with Gasteiger partial charge in [-0.15, -0.1) is 0 Å². The Morgan fingerprint density at radius 3 is 2.35 bits per heavy atom. The summed E-state index contributed by atoms with van der Waals surface area (Å²) in [5.41, 5.74) is 0. The molecule has 1 fully saturated rings. The molecule has 0 aromatic rings. The molecule has 0 bridgehead atoms. The molecule has 0 saturated carbocycles. The van der Waals surface area contributed by atoms with Gasteiger partial charge in [0.1, 0.15) is 6.04 Å². The van der Waals surface area contributed by atoms with Gasteiger partial charge in [0.05, 0.1) is 6.54 Å². The molecule has 1 rings (SSSR count). The molecule has 8 nitrogen and oxygen atoms in total. The summed E-state index contributed by atoms with van der Waals surface area (Å²) in [6, 6.07) is -1.61. The lowest BCUT2D eigenvalue weighted by atomic mass is 10.1. The highest BCUT2D eigenvalue weighted by molar-refractivity contribution is 5.86. The summed E-state index contributed by atoms with van der Waals surface area (Å²) in [4.78, 5) is 36.0. The number of carbonyl (C=O) groups excluding carboxylic acids is 2. The second kappa shape index (κ2) is 7.68. The van der Waals surface area contributed by atoms with Crippen LogP contribution in [0.25, 0.3) is 0 Å². The van der Waals surface area contributed by atoms with Gasteiger partial charge in [0.2, 0.25) is 5.91 Å². The zero-order chi connectivity index (χ0) is 15.1. The number of aliphatic carboxylic acids is 1. The average Bonchev–Trinajstić information content (AvgIpc) is 2.42. The van der Waals surface area contributed by atoms with E-state index in [0.29, 0.717) is 13.1 Å². The van der Waals surface area contributed by atoms with E-state index >= 15 is 0 Å². The topological polar surface area (TPSA) is 111 Å². The smallest absolute Gasteiger partial charge is 0.326 e. The number of carboxylic acids is 1. The van der Waals surface area contributed by atoms with Crippen molar-refractivity contribution in [2.75, 3.05) is 32.7 Å². The lowest BCUT2D eigenvalue weighted by Crippen LogP contribution is -2.53. The van der Waals surface area contributed by atoms with E-state index in [4.69, 9.17) is 5.11 Å². The highest BCUT2D eigenvalue weighted by Crippen LogP contribution is 2.01. The van der Waals surface area contributed by atoms with E-state index < -0.39 is 18.0 Å². The number of hydrogen-bond donors (Lipinski definition) is 4. The molecule has 8 heteroatoms. The molecule has 1 saturated heterocycles. The molecule has 0 unspecified atom stereocenters. The lowest BCUT2D eigenvalue weighted by Gasteiger charge is -2.27. The fourth-order valence-electron chi connectivity index (χ4n) is 1.89. The maximum Gasteiger partial charge on any atom is 0.326 e. The number of piperazine rings is 1. The molecule has 4 N–H and O–H groups in total. The van der Waals surface area contributed by atoms with Crippen molar-refractivity contribution in [3.8, 4) is 0 Å². The van der Waals surface area contributed by atoms with Crippen molar-refractivity contribution in [2.45, 2.75) is 19.9 Å². The first-order chi connectivity index (χ1) is 9.41. The zero-order valence-corrected chi connectivity index (χ0v) is 11.8. The Kier molecular flexibility index (Phi) is 6.23. The highest BCUT2D eigenvalue weighted by atomic mass is 16.4. The van der Waals surface area contributed by atoms with E-state index in [1.54, 1.807) is 18.7 Å². The van der Waals surface area contributed by atoms with E-state index in [0.717, 1.165) is 13.1 Å². The molecule has 1 aliphatic rings. The zero-order valence-electron chi connectivity index (χ0n) is 11.8. The van der Waals surface area contributed by atoms with E-state index in [1.165, 1.54) is 0 Å². The highest BCUT2D eigenvalue weighted by Gasteiger charge is 2.24. The van der Waals surface area contributed by atoms with Gasteiger partial charge in [0, 0.05) is 26.2 Å². The minimum Gasteiger partial charge on any atom is -0.480 e. The normalized spacial score (nSPS) is 16.6. The largest absolute Gasteiger partial charge is 0.480 e. The van der Waals surface area contributed by atoms with Crippen LogP contribution in [-0.2, 0) is 9.59 Å². The first-order valence-corrected chi connectivity index (χ1v) is 6.67. The van der Waals surface area contributed by atoms with E-state index in [9.17, 15) is 14.4 Å². The van der Waals surface area contributed by atoms with Crippen molar-refractivity contribution < 1.29 is 19.5 Å². The molecule has 1 heterocycles. The quantitative estimate of drug-likeness (QED) is 0.509. The van der Waals surface area contributed by atoms with Crippen LogP contribution in [0.4, 0.5) is 4.79 Å². The minimum atomic E-state index is -1.09. The third-order valence-electron chi connectivity index (χ3n) is 3.09. The number of carbonyl (C=O) groups is 3. The number of nitrogens with one attached hydrogen (secondary N) is 3. The summed E-state index contributed by atoms with van der Waals surface area (Å²) >= 11 is 0. The molecule has 0 aromatic heterocycles. The Bertz CT molecular complexity index is 366. The Morgan fingerprint density at radius 1 is 1.25 bits per heavy atom. The van der Waals surface area contributed by atoms with E-state index in [-0.39, 0.29) is 18.4 Å². The summed E-state index contributed by atoms with van der Waals surface area (Å²) in [5, 5.41) is 16.8. The van der Waals surface area contributed by atoms with Gasteiger partial charge in [-0.1, -0.05) is 13.8 Å². The van der Waals surface area contributed by atoms with Gasteiger partial charge in [0.25, 0.3) is 0 Å². The predicted octanol–water partition coefficient (Wildman–Crippen LogP) is -1.17. The molecule has 3 amide bonds. The van der Waals surface area contributed by atoms with Gasteiger partial charge in [-0.25, -0.2) is 9.59 Å². The summed E-state index contributed by atoms with van der Waals surface area (Å²) in [6.07, 6.45) is 0. The Labute approximate surface area is 117 Å². The first-order valence-electron chi connectivity index (χ1n) is 6.67. The fourth-order valence-corrected chi connectivity index (χ4v) is 1.89. The third-order valence-corrected chi connectivity index (χ3v) is 3.09. The monoisotopic (exact) mass is 286 g/mol. The van der Waals surface area contributed by atoms with Crippen molar-refractivity contribution in [3.63, 3.8) is 0 Å². The van der Waals surface area contributed by atoms with Crippen LogP contribution >= 0.6 is 0 Å². The van der Waals surface area contributed by atoms with Gasteiger partial charge < -0.3 is 26.0 Å². The number of hydrogen-bond acceptors (Lipinski definition) is 4. The molecule has 20 heavy (non-hydrogen) atoms. The molecule has 1 atom stereocenters. The lowest BCUT2D eigenvalue weighted by molar-refractivity contribution is -0.140. The minimum absolute atomic E-state index is 0.129. The van der Waals surface area contributed by atoms with Crippen LogP contribution < -0.4 is 16.0 Å². The first kappa shape index (κ1) is 16.2. The SMILES string of the molecule is CC(C)[C@H](NC(=O)NCC(=O)N1CCNCC1)C(=O)O. The van der Waals surface area contributed by atoms with Crippen molar-refractivity contribution >= 4 is 17.9 Å². The maximum atomic E-state index is 11.8. The number of nitrogens with zero attached hydrogens (tertiary/aromatic N) is 1. The molecule has 0 aromatic carbocycles. The molecule has 0 radical (unpaired) electrons. The molecular weight excluding hydrogens is 264 g/mol. The van der Waals surface area contributed by atoms with Crippen molar-refractivity contribution in [3.05, 3.63) is 0 Å². The number of rotatable bonds is 5. The van der Waals surface area contributed by atoms with Gasteiger partial charge in [-0.3, -0.25) is 4.79 Å². The molecular formula is C12H22N4O4. The Balaban J connectivity index is 2.34. The van der Waals surface area contributed by atoms with Crippen LogP contribution in [0, 0.1) is 5.92 Å². The summed E-state index contributed by atoms with van der Waals surface area (Å²) in [6.45, 7) is 5.99. The standard InChI is InChI=1S/C12H22N4O4/c1-8(2)10(11(18)19)15-12(20)14-7-9(17)16-5-3-13-4-6-16/h8,10,13H,3-7H2,1-2H3,(H,18,19)(H2,14,15,20)/t10-/m0/s1. The predicted molar refractivity (Wildman–Crippen MR) is 72.2 cm³/mol. The average molecular weight is 286 g/mol. The van der Waals surface area contributed by atoms with Crippen LogP contribution in [0.5, 0.6) is 0 Å². The van der Waals surface area contributed by atoms with Crippen LogP contribution in [0.1, 0.15) is 13.8 Å². The Hall–Kier alpha value is -1.83. The van der Waals surface area contributed by atoms with Crippen LogP contribution in [0.3, 0.4) is 0 Å². The van der Waals surface area contributed by atoms with E-state index in [2.05, 4.69) is 16.0 Å². The maximum absolute atomic E-state index is 11.8. The second-order valence-electron chi connectivity index (χ2n) is 5.02. The molecule has 0 spiro atoms. The van der Waals surface area contributed by atoms with Crippen LogP contribution in [-0.4, -0.2) is 66.7 Å². The van der Waals surface area contributed by atoms with Gasteiger partial charge >= 0.3 is 12.0 Å². The molecule has 1 aliphatic heterocycles. The fraction of sp³-hybridized carbons (Fsp3) is 0.750. The van der Waals surface area contributed by atoms with Crippen LogP contribution in [0.15, 0.2) is 0 Å². The summed E-state index contributed by atoms with van der Waals surface area (Å²) < 4.78 is 0. The molecule has 114 valence electrons. The Morgan fingerprint density at radius 2 is 1.85 bits per heavy atom. The number of urea groups is 1. The summed E-state index contributed by atoms with van der Waals surface area (Å²) in [5.74, 6) is -1.50.